The Kier molecular flexibility index (Phi) is 4.81. The summed E-state index contributed by atoms with van der Waals surface area (Å²) in [5.74, 6) is 0.275. The van der Waals surface area contributed by atoms with Gasteiger partial charge in [0.05, 0.1) is 23.5 Å². The van der Waals surface area contributed by atoms with E-state index in [4.69, 9.17) is 0 Å². The second kappa shape index (κ2) is 7.42. The van der Waals surface area contributed by atoms with Crippen molar-refractivity contribution in [2.75, 3.05) is 0 Å². The van der Waals surface area contributed by atoms with Crippen molar-refractivity contribution < 1.29 is 4.79 Å². The number of aromatic nitrogens is 4. The zero-order valence-corrected chi connectivity index (χ0v) is 16.0. The smallest absolute Gasteiger partial charge is 0.264 e. The summed E-state index contributed by atoms with van der Waals surface area (Å²) < 4.78 is 1.54. The number of aromatic amines is 1. The molecular formula is C21H23N5O2. The van der Waals surface area contributed by atoms with Crippen molar-refractivity contribution in [1.82, 2.24) is 25.3 Å². The van der Waals surface area contributed by atoms with Crippen LogP contribution in [0.1, 0.15) is 58.5 Å². The minimum Gasteiger partial charge on any atom is -0.345 e. The normalized spacial score (nSPS) is 14.4. The number of hydrogen-bond acceptors (Lipinski definition) is 4. The van der Waals surface area contributed by atoms with Crippen LogP contribution in [0.4, 0.5) is 0 Å². The van der Waals surface area contributed by atoms with E-state index < -0.39 is 0 Å². The van der Waals surface area contributed by atoms with Crippen LogP contribution >= 0.6 is 0 Å². The van der Waals surface area contributed by atoms with Crippen molar-refractivity contribution in [2.24, 2.45) is 0 Å². The molecule has 4 rings (SSSR count). The Balaban J connectivity index is 1.52. The van der Waals surface area contributed by atoms with E-state index >= 15 is 0 Å². The van der Waals surface area contributed by atoms with Gasteiger partial charge in [-0.3, -0.25) is 9.59 Å². The Morgan fingerprint density at radius 2 is 1.96 bits per heavy atom. The first-order valence-corrected chi connectivity index (χ1v) is 9.56. The van der Waals surface area contributed by atoms with Gasteiger partial charge in [-0.2, -0.15) is 10.2 Å². The van der Waals surface area contributed by atoms with Crippen molar-refractivity contribution in [3.8, 4) is 5.82 Å². The van der Waals surface area contributed by atoms with Crippen molar-refractivity contribution in [3.05, 3.63) is 74.8 Å². The zero-order valence-electron chi connectivity index (χ0n) is 16.0. The van der Waals surface area contributed by atoms with Gasteiger partial charge in [-0.25, -0.2) is 9.78 Å². The summed E-state index contributed by atoms with van der Waals surface area (Å²) in [5, 5.41) is 13.6. The summed E-state index contributed by atoms with van der Waals surface area (Å²) in [6.45, 7) is 3.80. The molecule has 0 saturated heterocycles. The SMILES string of the molecule is Cc1c(C(=O)NC(C)c2ccc3c(c2)CCCC3)cnn1-c1ccc(=O)[nH]n1. The van der Waals surface area contributed by atoms with Gasteiger partial charge in [0.25, 0.3) is 11.5 Å². The van der Waals surface area contributed by atoms with Crippen LogP contribution in [0.3, 0.4) is 0 Å². The standard InChI is InChI=1S/C21H23N5O2/c1-13(16-8-7-15-5-3-4-6-17(15)11-16)23-21(28)18-12-22-26(14(18)2)19-9-10-20(27)25-24-19/h7-13H,3-6H2,1-2H3,(H,23,28)(H,25,27). The summed E-state index contributed by atoms with van der Waals surface area (Å²) in [4.78, 5) is 24.0. The number of carbonyl (C=O) groups is 1. The van der Waals surface area contributed by atoms with Gasteiger partial charge in [0.1, 0.15) is 0 Å². The molecule has 1 aromatic carbocycles. The molecule has 0 spiro atoms. The lowest BCUT2D eigenvalue weighted by Crippen LogP contribution is -2.27. The molecule has 1 aliphatic rings. The first-order valence-electron chi connectivity index (χ1n) is 9.56. The second-order valence-electron chi connectivity index (χ2n) is 7.27. The zero-order chi connectivity index (χ0) is 19.7. The van der Waals surface area contributed by atoms with E-state index in [9.17, 15) is 9.59 Å². The highest BCUT2D eigenvalue weighted by Gasteiger charge is 2.19. The topological polar surface area (TPSA) is 92.7 Å². The maximum absolute atomic E-state index is 12.8. The number of fused-ring (bicyclic) bond motifs is 1. The molecule has 7 nitrogen and oxygen atoms in total. The lowest BCUT2D eigenvalue weighted by Gasteiger charge is -2.20. The van der Waals surface area contributed by atoms with E-state index in [0.717, 1.165) is 18.4 Å². The molecule has 0 aliphatic heterocycles. The molecular weight excluding hydrogens is 354 g/mol. The van der Waals surface area contributed by atoms with Crippen LogP contribution in [-0.4, -0.2) is 25.9 Å². The highest BCUT2D eigenvalue weighted by Crippen LogP contribution is 2.25. The quantitative estimate of drug-likeness (QED) is 0.731. The van der Waals surface area contributed by atoms with Crippen molar-refractivity contribution >= 4 is 5.91 Å². The lowest BCUT2D eigenvalue weighted by atomic mass is 9.89. The van der Waals surface area contributed by atoms with Crippen LogP contribution in [0.25, 0.3) is 5.82 Å². The molecule has 7 heteroatoms. The number of carbonyl (C=O) groups excluding carboxylic acids is 1. The molecule has 1 unspecified atom stereocenters. The van der Waals surface area contributed by atoms with Crippen LogP contribution in [0.2, 0.25) is 0 Å². The third kappa shape index (κ3) is 3.47. The third-order valence-corrected chi connectivity index (χ3v) is 5.36. The molecule has 28 heavy (non-hydrogen) atoms. The number of rotatable bonds is 4. The van der Waals surface area contributed by atoms with Gasteiger partial charge < -0.3 is 5.32 Å². The number of H-pyrrole nitrogens is 1. The fourth-order valence-corrected chi connectivity index (χ4v) is 3.70. The first-order chi connectivity index (χ1) is 13.5. The van der Waals surface area contributed by atoms with Crippen molar-refractivity contribution in [2.45, 2.75) is 45.6 Å². The number of aryl methyl sites for hydroxylation is 2. The maximum atomic E-state index is 12.8. The van der Waals surface area contributed by atoms with Gasteiger partial charge in [0, 0.05) is 6.07 Å². The second-order valence-corrected chi connectivity index (χ2v) is 7.27. The van der Waals surface area contributed by atoms with Gasteiger partial charge in [0.2, 0.25) is 0 Å². The van der Waals surface area contributed by atoms with Crippen LogP contribution < -0.4 is 10.9 Å². The molecule has 3 aromatic rings. The van der Waals surface area contributed by atoms with E-state index in [-0.39, 0.29) is 17.5 Å². The van der Waals surface area contributed by atoms with Gasteiger partial charge in [-0.1, -0.05) is 18.2 Å². The molecule has 0 fully saturated rings. The molecule has 2 aromatic heterocycles. The van der Waals surface area contributed by atoms with Crippen molar-refractivity contribution in [3.63, 3.8) is 0 Å². The van der Waals surface area contributed by atoms with Gasteiger partial charge >= 0.3 is 0 Å². The van der Waals surface area contributed by atoms with E-state index in [1.165, 1.54) is 40.9 Å². The molecule has 0 radical (unpaired) electrons. The average Bonchev–Trinajstić information content (AvgIpc) is 3.09. The van der Waals surface area contributed by atoms with Gasteiger partial charge in [-0.15, -0.1) is 0 Å². The highest BCUT2D eigenvalue weighted by atomic mass is 16.1. The Bertz CT molecular complexity index is 1060. The van der Waals surface area contributed by atoms with Crippen LogP contribution in [0.5, 0.6) is 0 Å². The monoisotopic (exact) mass is 377 g/mol. The molecule has 1 atom stereocenters. The molecule has 0 bridgehead atoms. The Morgan fingerprint density at radius 1 is 1.18 bits per heavy atom. The molecule has 1 aliphatic carbocycles. The number of benzene rings is 1. The number of nitrogens with zero attached hydrogens (tertiary/aromatic N) is 3. The van der Waals surface area contributed by atoms with E-state index in [1.54, 1.807) is 13.0 Å². The average molecular weight is 377 g/mol. The Labute approximate surface area is 162 Å². The van der Waals surface area contributed by atoms with Crippen molar-refractivity contribution in [1.29, 1.82) is 0 Å². The van der Waals surface area contributed by atoms with E-state index in [0.29, 0.717) is 17.1 Å². The van der Waals surface area contributed by atoms with Gasteiger partial charge in [0.15, 0.2) is 5.82 Å². The Hall–Kier alpha value is -3.22. The fourth-order valence-electron chi connectivity index (χ4n) is 3.70. The van der Waals surface area contributed by atoms with Gasteiger partial charge in [-0.05, 0) is 62.3 Å². The number of amides is 1. The summed E-state index contributed by atoms with van der Waals surface area (Å²) in [6.07, 6.45) is 6.27. The predicted octanol–water partition coefficient (Wildman–Crippen LogP) is 2.63. The Morgan fingerprint density at radius 3 is 2.71 bits per heavy atom. The number of hydrogen-bond donors (Lipinski definition) is 2. The van der Waals surface area contributed by atoms with Crippen LogP contribution in [-0.2, 0) is 12.8 Å². The maximum Gasteiger partial charge on any atom is 0.264 e. The largest absolute Gasteiger partial charge is 0.345 e. The first kappa shape index (κ1) is 18.2. The van der Waals surface area contributed by atoms with E-state index in [1.807, 2.05) is 6.92 Å². The summed E-state index contributed by atoms with van der Waals surface area (Å²) in [7, 11) is 0. The minimum atomic E-state index is -0.287. The predicted molar refractivity (Wildman–Crippen MR) is 106 cm³/mol. The number of nitrogens with one attached hydrogen (secondary N) is 2. The summed E-state index contributed by atoms with van der Waals surface area (Å²) in [6, 6.07) is 9.36. The highest BCUT2D eigenvalue weighted by molar-refractivity contribution is 5.95. The summed E-state index contributed by atoms with van der Waals surface area (Å²) >= 11 is 0. The van der Waals surface area contributed by atoms with E-state index in [2.05, 4.69) is 38.8 Å². The van der Waals surface area contributed by atoms with Crippen LogP contribution in [0, 0.1) is 6.92 Å². The molecule has 2 heterocycles. The lowest BCUT2D eigenvalue weighted by molar-refractivity contribution is 0.0939. The molecule has 144 valence electrons. The minimum absolute atomic E-state index is 0.103. The molecule has 0 saturated carbocycles. The fraction of sp³-hybridized carbons (Fsp3) is 0.333. The van der Waals surface area contributed by atoms with Crippen LogP contribution in [0.15, 0.2) is 41.3 Å². The summed E-state index contributed by atoms with van der Waals surface area (Å²) in [5.41, 5.74) is 4.80. The molecule has 2 N–H and O–H groups in total. The molecule has 1 amide bonds. The third-order valence-electron chi connectivity index (χ3n) is 5.36.